The van der Waals surface area contributed by atoms with Crippen LogP contribution in [0.5, 0.6) is 0 Å². The van der Waals surface area contributed by atoms with Crippen molar-refractivity contribution in [2.75, 3.05) is 6.54 Å². The van der Waals surface area contributed by atoms with E-state index in [1.54, 1.807) is 0 Å². The molecule has 1 heteroatoms. The number of hydrogen-bond acceptors (Lipinski definition) is 1. The maximum Gasteiger partial charge on any atom is 0.0113 e. The van der Waals surface area contributed by atoms with Crippen LogP contribution in [-0.2, 0) is 0 Å². The molecule has 1 N–H and O–H groups in total. The molecule has 0 spiro atoms. The van der Waals surface area contributed by atoms with Gasteiger partial charge >= 0.3 is 0 Å². The van der Waals surface area contributed by atoms with E-state index in [9.17, 15) is 0 Å². The molecule has 102 valence electrons. The number of allylic oxidation sites excluding steroid dienone is 2. The summed E-state index contributed by atoms with van der Waals surface area (Å²) in [7, 11) is 0. The van der Waals surface area contributed by atoms with Gasteiger partial charge in [-0.25, -0.2) is 0 Å². The van der Waals surface area contributed by atoms with Crippen molar-refractivity contribution < 1.29 is 0 Å². The van der Waals surface area contributed by atoms with Gasteiger partial charge in [-0.1, -0.05) is 47.1 Å². The van der Waals surface area contributed by atoms with Gasteiger partial charge in [0.1, 0.15) is 0 Å². The monoisotopic (exact) mass is 239 g/mol. The normalized spacial score (nSPS) is 15.3. The van der Waals surface area contributed by atoms with Gasteiger partial charge in [0.05, 0.1) is 0 Å². The summed E-state index contributed by atoms with van der Waals surface area (Å²) in [6.07, 6.45) is 7.56. The summed E-state index contributed by atoms with van der Waals surface area (Å²) >= 11 is 0. The second-order valence-electron chi connectivity index (χ2n) is 3.89. The van der Waals surface area contributed by atoms with Crippen LogP contribution in [0.4, 0.5) is 0 Å². The van der Waals surface area contributed by atoms with Gasteiger partial charge in [0.2, 0.25) is 0 Å². The Morgan fingerprint density at radius 3 is 2.06 bits per heavy atom. The Labute approximate surface area is 109 Å². The summed E-state index contributed by atoms with van der Waals surface area (Å²) < 4.78 is 0. The van der Waals surface area contributed by atoms with E-state index in [1.165, 1.54) is 36.8 Å². The Balaban J connectivity index is 0. The van der Waals surface area contributed by atoms with Gasteiger partial charge in [-0.2, -0.15) is 0 Å². The zero-order valence-corrected chi connectivity index (χ0v) is 12.9. The highest BCUT2D eigenvalue weighted by atomic mass is 14.8. The molecule has 1 nitrogen and oxygen atoms in total. The van der Waals surface area contributed by atoms with Crippen molar-refractivity contribution in [3.8, 4) is 0 Å². The van der Waals surface area contributed by atoms with Crippen molar-refractivity contribution in [1.82, 2.24) is 5.32 Å². The lowest BCUT2D eigenvalue weighted by Gasteiger charge is -2.13. The van der Waals surface area contributed by atoms with Crippen molar-refractivity contribution in [2.45, 2.75) is 67.2 Å². The highest BCUT2D eigenvalue weighted by molar-refractivity contribution is 5.28. The van der Waals surface area contributed by atoms with E-state index in [0.29, 0.717) is 0 Å². The molecule has 1 saturated carbocycles. The smallest absolute Gasteiger partial charge is 0.0113 e. The minimum Gasteiger partial charge on any atom is -0.391 e. The van der Waals surface area contributed by atoms with Gasteiger partial charge < -0.3 is 5.32 Å². The standard InChI is InChI=1S/C12H21N.2C2H6/c1-4-13-9-10(2)11(3)12-7-5-6-8-12;2*1-2/h9,12-13H,3-8H2,1-2H3;2*1-2H3/b10-9-;;. The largest absolute Gasteiger partial charge is 0.391 e. The van der Waals surface area contributed by atoms with E-state index < -0.39 is 0 Å². The first-order valence-corrected chi connectivity index (χ1v) is 7.35. The van der Waals surface area contributed by atoms with Crippen molar-refractivity contribution in [3.63, 3.8) is 0 Å². The first kappa shape index (κ1) is 18.6. The molecule has 0 heterocycles. The zero-order valence-electron chi connectivity index (χ0n) is 12.9. The van der Waals surface area contributed by atoms with Crippen LogP contribution in [0.1, 0.15) is 67.2 Å². The van der Waals surface area contributed by atoms with Crippen LogP contribution in [0.25, 0.3) is 0 Å². The highest BCUT2D eigenvalue weighted by Crippen LogP contribution is 2.33. The molecule has 0 radical (unpaired) electrons. The average Bonchev–Trinajstić information content (AvgIpc) is 2.93. The van der Waals surface area contributed by atoms with E-state index in [1.807, 2.05) is 27.7 Å². The number of hydrogen-bond donors (Lipinski definition) is 1. The average molecular weight is 239 g/mol. The molecule has 0 aromatic heterocycles. The fourth-order valence-electron chi connectivity index (χ4n) is 1.94. The molecule has 0 atom stereocenters. The highest BCUT2D eigenvalue weighted by Gasteiger charge is 2.18. The van der Waals surface area contributed by atoms with Gasteiger partial charge in [0, 0.05) is 6.54 Å². The molecule has 0 saturated heterocycles. The molecule has 1 rings (SSSR count). The van der Waals surface area contributed by atoms with Crippen molar-refractivity contribution in [2.24, 2.45) is 5.92 Å². The predicted octanol–water partition coefficient (Wildman–Crippen LogP) is 5.30. The molecule has 1 aliphatic rings. The fraction of sp³-hybridized carbons (Fsp3) is 0.750. The molecule has 1 aliphatic carbocycles. The van der Waals surface area contributed by atoms with E-state index in [4.69, 9.17) is 0 Å². The summed E-state index contributed by atoms with van der Waals surface area (Å²) in [6.45, 7) is 17.4. The van der Waals surface area contributed by atoms with Gasteiger partial charge in [-0.05, 0) is 50.0 Å². The summed E-state index contributed by atoms with van der Waals surface area (Å²) in [5.41, 5.74) is 2.67. The zero-order chi connectivity index (χ0) is 13.7. The maximum atomic E-state index is 4.18. The van der Waals surface area contributed by atoms with E-state index in [2.05, 4.69) is 31.9 Å². The minimum atomic E-state index is 0.759. The van der Waals surface area contributed by atoms with Crippen molar-refractivity contribution >= 4 is 0 Å². The van der Waals surface area contributed by atoms with E-state index in [0.717, 1.165) is 12.5 Å². The van der Waals surface area contributed by atoms with Crippen molar-refractivity contribution in [1.29, 1.82) is 0 Å². The fourth-order valence-corrected chi connectivity index (χ4v) is 1.94. The maximum absolute atomic E-state index is 4.18. The van der Waals surface area contributed by atoms with Crippen LogP contribution in [0.3, 0.4) is 0 Å². The molecule has 1 fully saturated rings. The molecule has 0 aromatic rings. The molecular formula is C16H33N. The Hall–Kier alpha value is -0.720. The van der Waals surface area contributed by atoms with Gasteiger partial charge in [0.15, 0.2) is 0 Å². The third-order valence-electron chi connectivity index (χ3n) is 2.88. The second-order valence-corrected chi connectivity index (χ2v) is 3.89. The summed E-state index contributed by atoms with van der Waals surface area (Å²) in [6, 6.07) is 0. The molecule has 0 unspecified atom stereocenters. The quantitative estimate of drug-likeness (QED) is 0.657. The van der Waals surface area contributed by atoms with Gasteiger partial charge in [0.25, 0.3) is 0 Å². The van der Waals surface area contributed by atoms with Crippen LogP contribution in [-0.4, -0.2) is 6.54 Å². The Kier molecular flexibility index (Phi) is 14.6. The SMILES string of the molecule is C=C(/C(C)=C\NCC)C1CCCC1.CC.CC. The van der Waals surface area contributed by atoms with Crippen LogP contribution >= 0.6 is 0 Å². The first-order chi connectivity index (χ1) is 8.25. The van der Waals surface area contributed by atoms with Crippen LogP contribution < -0.4 is 5.32 Å². The second kappa shape index (κ2) is 13.3. The lowest BCUT2D eigenvalue weighted by Crippen LogP contribution is -2.06. The lowest BCUT2D eigenvalue weighted by molar-refractivity contribution is 0.650. The van der Waals surface area contributed by atoms with Crippen LogP contribution in [0, 0.1) is 5.92 Å². The Morgan fingerprint density at radius 2 is 1.65 bits per heavy atom. The molecule has 0 bridgehead atoms. The lowest BCUT2D eigenvalue weighted by atomic mass is 9.94. The molecule has 17 heavy (non-hydrogen) atoms. The molecular weight excluding hydrogens is 206 g/mol. The molecule has 0 amide bonds. The van der Waals surface area contributed by atoms with Crippen molar-refractivity contribution in [3.05, 3.63) is 23.9 Å². The predicted molar refractivity (Wildman–Crippen MR) is 81.2 cm³/mol. The molecule has 0 aliphatic heterocycles. The van der Waals surface area contributed by atoms with Crippen LogP contribution in [0.2, 0.25) is 0 Å². The van der Waals surface area contributed by atoms with Gasteiger partial charge in [-0.15, -0.1) is 0 Å². The van der Waals surface area contributed by atoms with E-state index >= 15 is 0 Å². The third kappa shape index (κ3) is 8.06. The number of rotatable bonds is 4. The minimum absolute atomic E-state index is 0.759. The van der Waals surface area contributed by atoms with Gasteiger partial charge in [-0.3, -0.25) is 0 Å². The summed E-state index contributed by atoms with van der Waals surface area (Å²) in [5, 5.41) is 3.23. The Morgan fingerprint density at radius 1 is 1.18 bits per heavy atom. The Bertz CT molecular complexity index is 198. The topological polar surface area (TPSA) is 12.0 Å². The summed E-state index contributed by atoms with van der Waals surface area (Å²) in [4.78, 5) is 0. The first-order valence-electron chi connectivity index (χ1n) is 7.35. The third-order valence-corrected chi connectivity index (χ3v) is 2.88. The molecule has 0 aromatic carbocycles. The van der Waals surface area contributed by atoms with Crippen LogP contribution in [0.15, 0.2) is 23.9 Å². The number of nitrogens with one attached hydrogen (secondary N) is 1. The summed E-state index contributed by atoms with van der Waals surface area (Å²) in [5.74, 6) is 0.759. The van der Waals surface area contributed by atoms with E-state index in [-0.39, 0.29) is 0 Å².